The fourth-order valence-electron chi connectivity index (χ4n) is 3.28. The van der Waals surface area contributed by atoms with Crippen LogP contribution in [-0.2, 0) is 5.75 Å². The van der Waals surface area contributed by atoms with E-state index in [1.807, 2.05) is 74.8 Å². The number of hydrogen-bond donors (Lipinski definition) is 3. The van der Waals surface area contributed by atoms with Crippen LogP contribution in [-0.4, -0.2) is 36.5 Å². The molecule has 4 rings (SSSR count). The molecular weight excluding hydrogens is 396 g/mol. The molecule has 0 bridgehead atoms. The number of nitrogens with zero attached hydrogens (tertiary/aromatic N) is 1. The summed E-state index contributed by atoms with van der Waals surface area (Å²) in [4.78, 5) is 21.7. The van der Waals surface area contributed by atoms with Gasteiger partial charge in [-0.05, 0) is 42.0 Å². The second-order valence-corrected chi connectivity index (χ2v) is 8.36. The van der Waals surface area contributed by atoms with E-state index in [1.54, 1.807) is 18.0 Å². The normalized spacial score (nSPS) is 12.4. The van der Waals surface area contributed by atoms with Gasteiger partial charge >= 0.3 is 0 Å². The van der Waals surface area contributed by atoms with Crippen LogP contribution in [0.1, 0.15) is 27.7 Å². The third-order valence-electron chi connectivity index (χ3n) is 5.01. The number of H-pyrrole nitrogens is 1. The van der Waals surface area contributed by atoms with Crippen LogP contribution in [0.3, 0.4) is 0 Å². The number of aromatic nitrogens is 2. The minimum atomic E-state index is -0.0794. The number of carbonyl (C=O) groups is 1. The topological polar surface area (TPSA) is 75.4 Å². The summed E-state index contributed by atoms with van der Waals surface area (Å²) in [5.41, 5.74) is 3.81. The predicted octanol–water partition coefficient (Wildman–Crippen LogP) is 3.06. The molecule has 0 spiro atoms. The highest BCUT2D eigenvalue weighted by atomic mass is 32.2. The number of quaternary nitrogens is 1. The Labute approximate surface area is 179 Å². The van der Waals surface area contributed by atoms with E-state index in [0.717, 1.165) is 33.3 Å². The number of aromatic amines is 1. The number of likely N-dealkylation sites (N-methyl/N-ethyl adjacent to an activating group) is 1. The van der Waals surface area contributed by atoms with Gasteiger partial charge in [-0.25, -0.2) is 4.98 Å². The van der Waals surface area contributed by atoms with Gasteiger partial charge in [0.25, 0.3) is 5.91 Å². The van der Waals surface area contributed by atoms with Crippen LogP contribution in [0.2, 0.25) is 0 Å². The van der Waals surface area contributed by atoms with Gasteiger partial charge in [0.2, 0.25) is 0 Å². The Morgan fingerprint density at radius 1 is 1.13 bits per heavy atom. The van der Waals surface area contributed by atoms with Crippen LogP contribution in [0.25, 0.3) is 11.0 Å². The van der Waals surface area contributed by atoms with Crippen molar-refractivity contribution in [1.29, 1.82) is 0 Å². The van der Waals surface area contributed by atoms with Crippen molar-refractivity contribution in [2.75, 3.05) is 20.6 Å². The molecule has 0 aliphatic rings. The molecule has 0 saturated carbocycles. The molecule has 0 aliphatic heterocycles. The monoisotopic (exact) mass is 421 g/mol. The van der Waals surface area contributed by atoms with Crippen LogP contribution in [0.4, 0.5) is 0 Å². The molecular formula is C23H25N4O2S+. The zero-order chi connectivity index (χ0) is 20.9. The lowest BCUT2D eigenvalue weighted by atomic mass is 10.1. The van der Waals surface area contributed by atoms with Gasteiger partial charge in [-0.1, -0.05) is 36.0 Å². The highest BCUT2D eigenvalue weighted by molar-refractivity contribution is 7.98. The second kappa shape index (κ2) is 9.19. The average Bonchev–Trinajstić information content (AvgIpc) is 3.42. The van der Waals surface area contributed by atoms with Gasteiger partial charge < -0.3 is 19.6 Å². The van der Waals surface area contributed by atoms with E-state index in [4.69, 9.17) is 4.42 Å². The van der Waals surface area contributed by atoms with E-state index in [1.165, 1.54) is 4.90 Å². The van der Waals surface area contributed by atoms with Gasteiger partial charge in [0, 0.05) is 11.3 Å². The lowest BCUT2D eigenvalue weighted by Crippen LogP contribution is -3.07. The lowest BCUT2D eigenvalue weighted by Gasteiger charge is -2.19. The fraction of sp³-hybridized carbons (Fsp3) is 0.217. The molecule has 7 heteroatoms. The summed E-state index contributed by atoms with van der Waals surface area (Å²) >= 11 is 1.65. The summed E-state index contributed by atoms with van der Waals surface area (Å²) in [6.45, 7) is 0.512. The first-order valence-electron chi connectivity index (χ1n) is 9.88. The third kappa shape index (κ3) is 4.75. The third-order valence-corrected chi connectivity index (χ3v) is 5.95. The molecule has 0 unspecified atom stereocenters. The Kier molecular flexibility index (Phi) is 6.21. The van der Waals surface area contributed by atoms with Crippen molar-refractivity contribution in [3.05, 3.63) is 83.8 Å². The number of imidazole rings is 1. The van der Waals surface area contributed by atoms with Gasteiger partial charge in [-0.3, -0.25) is 4.79 Å². The summed E-state index contributed by atoms with van der Waals surface area (Å²) in [6, 6.07) is 19.6. The Balaban J connectivity index is 1.32. The quantitative estimate of drug-likeness (QED) is 0.382. The first-order valence-corrected chi connectivity index (χ1v) is 10.9. The summed E-state index contributed by atoms with van der Waals surface area (Å²) in [7, 11) is 4.10. The SMILES string of the molecule is C[NH+](C)[C@@H](CNC(=O)c1ccc(CSc2nc3ccccc3[nH]2)cc1)c1ccco1. The van der Waals surface area contributed by atoms with Crippen LogP contribution in [0, 0.1) is 0 Å². The molecule has 1 amide bonds. The molecule has 6 nitrogen and oxygen atoms in total. The molecule has 3 N–H and O–H groups in total. The number of amides is 1. The summed E-state index contributed by atoms with van der Waals surface area (Å²) in [5.74, 6) is 1.57. The van der Waals surface area contributed by atoms with E-state index < -0.39 is 0 Å². The van der Waals surface area contributed by atoms with Crippen LogP contribution < -0.4 is 10.2 Å². The molecule has 0 fully saturated rings. The smallest absolute Gasteiger partial charge is 0.251 e. The number of nitrogens with one attached hydrogen (secondary N) is 3. The summed E-state index contributed by atoms with van der Waals surface area (Å²) in [6.07, 6.45) is 1.66. The Morgan fingerprint density at radius 3 is 2.63 bits per heavy atom. The predicted molar refractivity (Wildman–Crippen MR) is 119 cm³/mol. The van der Waals surface area contributed by atoms with Gasteiger partial charge in [0.05, 0.1) is 37.9 Å². The highest BCUT2D eigenvalue weighted by Crippen LogP contribution is 2.23. The molecule has 30 heavy (non-hydrogen) atoms. The average molecular weight is 422 g/mol. The minimum Gasteiger partial charge on any atom is -0.463 e. The van der Waals surface area contributed by atoms with Crippen molar-refractivity contribution in [3.8, 4) is 0 Å². The maximum absolute atomic E-state index is 12.6. The van der Waals surface area contributed by atoms with E-state index >= 15 is 0 Å². The molecule has 2 aromatic carbocycles. The molecule has 4 aromatic rings. The number of carbonyl (C=O) groups excluding carboxylic acids is 1. The fourth-order valence-corrected chi connectivity index (χ4v) is 4.12. The number of para-hydroxylation sites is 2. The molecule has 1 atom stereocenters. The van der Waals surface area contributed by atoms with Crippen LogP contribution in [0.15, 0.2) is 76.5 Å². The minimum absolute atomic E-state index is 0.0726. The van der Waals surface area contributed by atoms with E-state index in [2.05, 4.69) is 15.3 Å². The Hall–Kier alpha value is -3.03. The number of hydrogen-bond acceptors (Lipinski definition) is 4. The zero-order valence-electron chi connectivity index (χ0n) is 17.0. The van der Waals surface area contributed by atoms with Crippen LogP contribution in [0.5, 0.6) is 0 Å². The first-order chi connectivity index (χ1) is 14.6. The molecule has 0 radical (unpaired) electrons. The molecule has 2 aromatic heterocycles. The highest BCUT2D eigenvalue weighted by Gasteiger charge is 2.21. The lowest BCUT2D eigenvalue weighted by molar-refractivity contribution is -0.891. The number of furan rings is 1. The maximum atomic E-state index is 12.6. The molecule has 154 valence electrons. The first kappa shape index (κ1) is 20.3. The Bertz CT molecular complexity index is 1070. The van der Waals surface area contributed by atoms with Crippen molar-refractivity contribution in [1.82, 2.24) is 15.3 Å². The molecule has 2 heterocycles. The summed E-state index contributed by atoms with van der Waals surface area (Å²) < 4.78 is 5.51. The van der Waals surface area contributed by atoms with E-state index in [0.29, 0.717) is 12.1 Å². The second-order valence-electron chi connectivity index (χ2n) is 7.40. The van der Waals surface area contributed by atoms with Crippen molar-refractivity contribution in [2.24, 2.45) is 0 Å². The standard InChI is InChI=1S/C23H24N4O2S/c1-27(2)20(21-8-5-13-29-21)14-24-22(28)17-11-9-16(10-12-17)15-30-23-25-18-6-3-4-7-19(18)26-23/h3-13,20H,14-15H2,1-2H3,(H,24,28)(H,25,26)/p+1/t20-/m0/s1. The maximum Gasteiger partial charge on any atom is 0.251 e. The van der Waals surface area contributed by atoms with Gasteiger partial charge in [0.15, 0.2) is 17.0 Å². The largest absolute Gasteiger partial charge is 0.463 e. The number of rotatable bonds is 8. The van der Waals surface area contributed by atoms with Gasteiger partial charge in [-0.2, -0.15) is 0 Å². The molecule has 0 aliphatic carbocycles. The Morgan fingerprint density at radius 2 is 1.93 bits per heavy atom. The number of benzene rings is 2. The summed E-state index contributed by atoms with van der Waals surface area (Å²) in [5, 5.41) is 3.92. The molecule has 0 saturated heterocycles. The van der Waals surface area contributed by atoms with Crippen molar-refractivity contribution in [3.63, 3.8) is 0 Å². The van der Waals surface area contributed by atoms with Crippen molar-refractivity contribution >= 4 is 28.7 Å². The van der Waals surface area contributed by atoms with Crippen molar-refractivity contribution in [2.45, 2.75) is 17.0 Å². The number of fused-ring (bicyclic) bond motifs is 1. The van der Waals surface area contributed by atoms with Gasteiger partial charge in [-0.15, -0.1) is 0 Å². The zero-order valence-corrected chi connectivity index (χ0v) is 17.8. The van der Waals surface area contributed by atoms with Gasteiger partial charge in [0.1, 0.15) is 0 Å². The number of thioether (sulfide) groups is 1. The van der Waals surface area contributed by atoms with Crippen LogP contribution >= 0.6 is 11.8 Å². The van der Waals surface area contributed by atoms with E-state index in [9.17, 15) is 4.79 Å². The van der Waals surface area contributed by atoms with Crippen molar-refractivity contribution < 1.29 is 14.1 Å². The van der Waals surface area contributed by atoms with E-state index in [-0.39, 0.29) is 11.9 Å².